The molecule has 1 atom stereocenters. The van der Waals surface area contributed by atoms with Crippen LogP contribution in [0.15, 0.2) is 53.7 Å². The summed E-state index contributed by atoms with van der Waals surface area (Å²) in [5, 5.41) is 3.50. The quantitative estimate of drug-likeness (QED) is 0.339. The Kier molecular flexibility index (Phi) is 9.25. The van der Waals surface area contributed by atoms with Crippen molar-refractivity contribution in [1.29, 1.82) is 0 Å². The summed E-state index contributed by atoms with van der Waals surface area (Å²) in [5.74, 6) is 3.60. The van der Waals surface area contributed by atoms with Crippen LogP contribution < -0.4 is 19.9 Å². The van der Waals surface area contributed by atoms with Crippen molar-refractivity contribution in [3.8, 4) is 5.75 Å². The molecule has 0 bridgehead atoms. The van der Waals surface area contributed by atoms with Crippen molar-refractivity contribution in [1.82, 2.24) is 15.2 Å². The molecule has 2 aliphatic rings. The lowest BCUT2D eigenvalue weighted by Gasteiger charge is -2.37. The molecule has 1 aromatic heterocycles. The van der Waals surface area contributed by atoms with Gasteiger partial charge < -0.3 is 24.8 Å². The third kappa shape index (κ3) is 6.17. The first-order valence-electron chi connectivity index (χ1n) is 11.3. The fourth-order valence-corrected chi connectivity index (χ4v) is 4.35. The van der Waals surface area contributed by atoms with Gasteiger partial charge in [0.05, 0.1) is 7.11 Å². The zero-order valence-electron chi connectivity index (χ0n) is 19.1. The topological polar surface area (TPSA) is 56.2 Å². The highest BCUT2D eigenvalue weighted by atomic mass is 127. The fourth-order valence-electron chi connectivity index (χ4n) is 4.35. The van der Waals surface area contributed by atoms with Crippen molar-refractivity contribution in [2.24, 2.45) is 10.9 Å². The molecule has 1 unspecified atom stereocenters. The molecular weight excluding hydrogens is 515 g/mol. The summed E-state index contributed by atoms with van der Waals surface area (Å²) in [6.07, 6.45) is 3.04. The van der Waals surface area contributed by atoms with Gasteiger partial charge in [-0.1, -0.05) is 12.1 Å². The number of benzene rings is 1. The van der Waals surface area contributed by atoms with E-state index in [-0.39, 0.29) is 24.0 Å². The number of guanidine groups is 1. The molecule has 7 nitrogen and oxygen atoms in total. The molecule has 32 heavy (non-hydrogen) atoms. The SMILES string of the molecule is CCNC(=NCC1CCN(c2cccc(OC)c2)C1)N1CCN(c2ccccn2)CC1.I. The van der Waals surface area contributed by atoms with Crippen LogP contribution in [0.5, 0.6) is 5.75 Å². The maximum atomic E-state index is 5.38. The van der Waals surface area contributed by atoms with Gasteiger partial charge in [-0.15, -0.1) is 24.0 Å². The van der Waals surface area contributed by atoms with Crippen LogP contribution in [0.2, 0.25) is 0 Å². The van der Waals surface area contributed by atoms with Crippen molar-refractivity contribution in [3.05, 3.63) is 48.7 Å². The average molecular weight is 550 g/mol. The summed E-state index contributed by atoms with van der Waals surface area (Å²) in [6, 6.07) is 14.5. The Labute approximate surface area is 208 Å². The van der Waals surface area contributed by atoms with Crippen LogP contribution in [0.25, 0.3) is 0 Å². The fraction of sp³-hybridized carbons (Fsp3) is 0.500. The van der Waals surface area contributed by atoms with E-state index >= 15 is 0 Å². The smallest absolute Gasteiger partial charge is 0.194 e. The number of aliphatic imine (C=N–C) groups is 1. The highest BCUT2D eigenvalue weighted by Gasteiger charge is 2.24. The molecule has 0 radical (unpaired) electrons. The number of nitrogens with zero attached hydrogens (tertiary/aromatic N) is 5. The molecular formula is C24H35IN6O. The third-order valence-corrected chi connectivity index (χ3v) is 6.09. The minimum absolute atomic E-state index is 0. The van der Waals surface area contributed by atoms with E-state index in [0.717, 1.165) is 69.9 Å². The van der Waals surface area contributed by atoms with E-state index in [1.165, 1.54) is 12.1 Å². The van der Waals surface area contributed by atoms with Crippen LogP contribution in [-0.4, -0.2) is 75.3 Å². The first-order chi connectivity index (χ1) is 15.3. The van der Waals surface area contributed by atoms with Crippen molar-refractivity contribution in [2.45, 2.75) is 13.3 Å². The normalized spacial score (nSPS) is 19.0. The number of piperazine rings is 1. The lowest BCUT2D eigenvalue weighted by Crippen LogP contribution is -2.52. The van der Waals surface area contributed by atoms with Gasteiger partial charge in [0.15, 0.2) is 5.96 Å². The van der Waals surface area contributed by atoms with Crippen LogP contribution in [0.3, 0.4) is 0 Å². The minimum atomic E-state index is 0. The Morgan fingerprint density at radius 2 is 1.94 bits per heavy atom. The highest BCUT2D eigenvalue weighted by molar-refractivity contribution is 14.0. The second-order valence-electron chi connectivity index (χ2n) is 8.16. The van der Waals surface area contributed by atoms with Gasteiger partial charge in [-0.05, 0) is 43.5 Å². The summed E-state index contributed by atoms with van der Waals surface area (Å²) in [7, 11) is 1.72. The van der Waals surface area contributed by atoms with Crippen molar-refractivity contribution < 1.29 is 4.74 Å². The lowest BCUT2D eigenvalue weighted by atomic mass is 10.1. The van der Waals surface area contributed by atoms with Gasteiger partial charge in [0.25, 0.3) is 0 Å². The number of nitrogens with one attached hydrogen (secondary N) is 1. The third-order valence-electron chi connectivity index (χ3n) is 6.09. The van der Waals surface area contributed by atoms with Gasteiger partial charge in [0.1, 0.15) is 11.6 Å². The molecule has 2 aromatic rings. The Balaban J connectivity index is 0.00000289. The van der Waals surface area contributed by atoms with Crippen molar-refractivity contribution in [3.63, 3.8) is 0 Å². The standard InChI is InChI=1S/C24H34N6O.HI/c1-3-25-24(29-15-13-28(14-16-29)23-9-4-5-11-26-23)27-18-20-10-12-30(19-20)21-7-6-8-22(17-21)31-2;/h4-9,11,17,20H,3,10,12-16,18-19H2,1-2H3,(H,25,27);1H. The number of hydrogen-bond donors (Lipinski definition) is 1. The molecule has 4 rings (SSSR count). The maximum Gasteiger partial charge on any atom is 0.194 e. The number of hydrogen-bond acceptors (Lipinski definition) is 5. The molecule has 8 heteroatoms. The summed E-state index contributed by atoms with van der Waals surface area (Å²) in [4.78, 5) is 16.7. The molecule has 0 saturated carbocycles. The Bertz CT molecular complexity index is 857. The summed E-state index contributed by atoms with van der Waals surface area (Å²) >= 11 is 0. The van der Waals surface area contributed by atoms with Crippen LogP contribution in [0.1, 0.15) is 13.3 Å². The molecule has 3 heterocycles. The first-order valence-corrected chi connectivity index (χ1v) is 11.3. The molecule has 0 spiro atoms. The molecule has 2 saturated heterocycles. The number of ether oxygens (including phenoxy) is 1. The number of aromatic nitrogens is 1. The van der Waals surface area contributed by atoms with Crippen molar-refractivity contribution in [2.75, 3.05) is 69.3 Å². The van der Waals surface area contributed by atoms with Crippen LogP contribution in [0, 0.1) is 5.92 Å². The van der Waals surface area contributed by atoms with E-state index < -0.39 is 0 Å². The van der Waals surface area contributed by atoms with Crippen LogP contribution in [-0.2, 0) is 0 Å². The molecule has 2 fully saturated rings. The molecule has 1 N–H and O–H groups in total. The second kappa shape index (κ2) is 12.1. The number of halogens is 1. The molecule has 0 aliphatic carbocycles. The number of rotatable bonds is 6. The molecule has 0 amide bonds. The predicted molar refractivity (Wildman–Crippen MR) is 143 cm³/mol. The van der Waals surface area contributed by atoms with Crippen LogP contribution in [0.4, 0.5) is 11.5 Å². The number of anilines is 2. The van der Waals surface area contributed by atoms with E-state index in [1.54, 1.807) is 7.11 Å². The highest BCUT2D eigenvalue weighted by Crippen LogP contribution is 2.27. The number of methoxy groups -OCH3 is 1. The number of pyridine rings is 1. The first kappa shape index (κ1) is 24.4. The predicted octanol–water partition coefficient (Wildman–Crippen LogP) is 3.32. The second-order valence-corrected chi connectivity index (χ2v) is 8.16. The van der Waals surface area contributed by atoms with E-state index in [4.69, 9.17) is 9.73 Å². The van der Waals surface area contributed by atoms with E-state index in [1.807, 2.05) is 18.3 Å². The largest absolute Gasteiger partial charge is 0.497 e. The maximum absolute atomic E-state index is 5.38. The van der Waals surface area contributed by atoms with Gasteiger partial charge in [-0.2, -0.15) is 0 Å². The van der Waals surface area contributed by atoms with Gasteiger partial charge in [-0.25, -0.2) is 4.98 Å². The zero-order valence-corrected chi connectivity index (χ0v) is 21.4. The average Bonchev–Trinajstić information content (AvgIpc) is 3.32. The molecule has 2 aliphatic heterocycles. The van der Waals surface area contributed by atoms with Gasteiger partial charge in [0.2, 0.25) is 0 Å². The van der Waals surface area contributed by atoms with Gasteiger partial charge in [0, 0.05) is 70.3 Å². The molecule has 174 valence electrons. The minimum Gasteiger partial charge on any atom is -0.497 e. The monoisotopic (exact) mass is 550 g/mol. The van der Waals surface area contributed by atoms with Crippen molar-refractivity contribution >= 4 is 41.4 Å². The molecule has 1 aromatic carbocycles. The Hall–Kier alpha value is -2.23. The van der Waals surface area contributed by atoms with E-state index in [0.29, 0.717) is 5.92 Å². The Morgan fingerprint density at radius 1 is 1.09 bits per heavy atom. The lowest BCUT2D eigenvalue weighted by molar-refractivity contribution is 0.370. The summed E-state index contributed by atoms with van der Waals surface area (Å²) in [6.45, 7) is 9.87. The van der Waals surface area contributed by atoms with E-state index in [9.17, 15) is 0 Å². The van der Waals surface area contributed by atoms with Crippen LogP contribution >= 0.6 is 24.0 Å². The van der Waals surface area contributed by atoms with E-state index in [2.05, 4.69) is 62.3 Å². The summed E-state index contributed by atoms with van der Waals surface area (Å²) in [5.41, 5.74) is 1.24. The zero-order chi connectivity index (χ0) is 21.5. The Morgan fingerprint density at radius 3 is 2.66 bits per heavy atom. The van der Waals surface area contributed by atoms with Gasteiger partial charge >= 0.3 is 0 Å². The summed E-state index contributed by atoms with van der Waals surface area (Å²) < 4.78 is 5.38. The van der Waals surface area contributed by atoms with Gasteiger partial charge in [-0.3, -0.25) is 4.99 Å².